The highest BCUT2D eigenvalue weighted by Gasteiger charge is 2.50. The molecule has 2 aromatic carbocycles. The van der Waals surface area contributed by atoms with Gasteiger partial charge in [0.1, 0.15) is 0 Å². The van der Waals surface area contributed by atoms with E-state index in [1.54, 1.807) is 32.0 Å². The van der Waals surface area contributed by atoms with Crippen LogP contribution >= 0.6 is 0 Å². The van der Waals surface area contributed by atoms with Crippen molar-refractivity contribution in [1.82, 2.24) is 10.5 Å². The predicted octanol–water partition coefficient (Wildman–Crippen LogP) is 3.79. The molecule has 0 bridgehead atoms. The molecule has 0 aliphatic carbocycles. The number of sulfonamides is 1. The summed E-state index contributed by atoms with van der Waals surface area (Å²) in [6.07, 6.45) is -1.62. The van der Waals surface area contributed by atoms with Crippen LogP contribution in [0.15, 0.2) is 45.8 Å². The number of aryl methyl sites for hydroxylation is 1. The Labute approximate surface area is 219 Å². The average molecular weight is 551 g/mol. The number of aromatic nitrogens is 1. The first-order valence-electron chi connectivity index (χ1n) is 11.9. The van der Waals surface area contributed by atoms with Gasteiger partial charge in [0.15, 0.2) is 0 Å². The number of unbranched alkanes of at least 4 members (excludes halogenated alkanes) is 1. The third-order valence-corrected chi connectivity index (χ3v) is 8.07. The van der Waals surface area contributed by atoms with Crippen LogP contribution in [0.3, 0.4) is 0 Å². The molecule has 3 aromatic rings. The van der Waals surface area contributed by atoms with Crippen molar-refractivity contribution in [2.45, 2.75) is 43.7 Å². The van der Waals surface area contributed by atoms with E-state index in [9.17, 15) is 13.2 Å². The molecule has 13 nitrogen and oxygen atoms in total. The minimum absolute atomic E-state index is 0.00968. The number of carbonyl (C=O) groups excluding carboxylic acids is 1. The van der Waals surface area contributed by atoms with Crippen LogP contribution < -0.4 is 9.21 Å². The van der Waals surface area contributed by atoms with Gasteiger partial charge in [-0.05, 0) is 31.9 Å². The number of benzene rings is 2. The van der Waals surface area contributed by atoms with E-state index in [1.807, 2.05) is 31.1 Å². The summed E-state index contributed by atoms with van der Waals surface area (Å²) < 4.78 is 45.3. The smallest absolute Gasteiger partial charge is 0.434 e. The molecule has 2 atom stereocenters. The van der Waals surface area contributed by atoms with Gasteiger partial charge in [-0.1, -0.05) is 36.3 Å². The van der Waals surface area contributed by atoms with E-state index >= 15 is 0 Å². The summed E-state index contributed by atoms with van der Waals surface area (Å²) in [4.78, 5) is 18.9. The molecule has 1 aromatic heterocycles. The summed E-state index contributed by atoms with van der Waals surface area (Å²) in [5.41, 5.74) is 1.86. The van der Waals surface area contributed by atoms with Gasteiger partial charge in [0.2, 0.25) is 12.1 Å². The van der Waals surface area contributed by atoms with Crippen molar-refractivity contribution < 1.29 is 42.5 Å². The highest BCUT2D eigenvalue weighted by atomic mass is 32.2. The molecule has 14 heteroatoms. The van der Waals surface area contributed by atoms with E-state index in [4.69, 9.17) is 24.4 Å². The van der Waals surface area contributed by atoms with Crippen molar-refractivity contribution in [1.29, 1.82) is 0 Å². The Bertz CT molecular complexity index is 1410. The van der Waals surface area contributed by atoms with Crippen LogP contribution in [0.25, 0.3) is 10.8 Å². The highest BCUT2D eigenvalue weighted by molar-refractivity contribution is 7.93. The topological polar surface area (TPSA) is 155 Å². The number of anilines is 2. The van der Waals surface area contributed by atoms with Gasteiger partial charge in [0.05, 0.1) is 29.2 Å². The van der Waals surface area contributed by atoms with Crippen LogP contribution in [0.2, 0.25) is 0 Å². The average Bonchev–Trinajstić information content (AvgIpc) is 3.37. The third-order valence-electron chi connectivity index (χ3n) is 6.26. The van der Waals surface area contributed by atoms with Crippen molar-refractivity contribution in [2.75, 3.05) is 36.5 Å². The number of rotatable bonds is 10. The molecule has 0 fully saturated rings. The van der Waals surface area contributed by atoms with Gasteiger partial charge < -0.3 is 18.9 Å². The van der Waals surface area contributed by atoms with Crippen LogP contribution in [0.5, 0.6) is 0 Å². The summed E-state index contributed by atoms with van der Waals surface area (Å²) in [5, 5.41) is 21.8. The summed E-state index contributed by atoms with van der Waals surface area (Å²) in [5.74, 6) is -0.595. The molecule has 38 heavy (non-hydrogen) atoms. The number of hydrogen-bond acceptors (Lipinski definition) is 12. The first-order chi connectivity index (χ1) is 18.0. The fourth-order valence-corrected chi connectivity index (χ4v) is 6.30. The van der Waals surface area contributed by atoms with Gasteiger partial charge in [-0.15, -0.1) is 0 Å². The number of nitrogens with zero attached hydrogens (tertiary/aromatic N) is 4. The highest BCUT2D eigenvalue weighted by Crippen LogP contribution is 2.47. The van der Waals surface area contributed by atoms with Gasteiger partial charge in [-0.25, -0.2) is 13.2 Å². The zero-order chi connectivity index (χ0) is 27.6. The molecule has 2 unspecified atom stereocenters. The van der Waals surface area contributed by atoms with E-state index in [0.717, 1.165) is 15.4 Å². The fraction of sp³-hybridized carbons (Fsp3) is 0.417. The molecule has 1 aliphatic heterocycles. The van der Waals surface area contributed by atoms with Crippen molar-refractivity contribution >= 4 is 38.5 Å². The SMILES string of the molecule is Cc1noc2c1C(C)C(OC(=O)OCCCCON(O)O)N2S(=O)(=O)c1cccc2c(N(C)C)cccc12. The van der Waals surface area contributed by atoms with E-state index in [0.29, 0.717) is 29.5 Å². The van der Waals surface area contributed by atoms with Crippen molar-refractivity contribution in [3.8, 4) is 0 Å². The van der Waals surface area contributed by atoms with Gasteiger partial charge >= 0.3 is 6.16 Å². The Balaban J connectivity index is 1.63. The van der Waals surface area contributed by atoms with Crippen LogP contribution in [0.1, 0.15) is 36.9 Å². The monoisotopic (exact) mass is 550 g/mol. The Morgan fingerprint density at radius 1 is 1.11 bits per heavy atom. The largest absolute Gasteiger partial charge is 0.510 e. The van der Waals surface area contributed by atoms with Crippen LogP contribution in [0.4, 0.5) is 16.4 Å². The quantitative estimate of drug-likeness (QED) is 0.214. The second kappa shape index (κ2) is 11.1. The normalized spacial score (nSPS) is 17.2. The van der Waals surface area contributed by atoms with Crippen molar-refractivity contribution in [2.24, 2.45) is 0 Å². The maximum absolute atomic E-state index is 14.2. The summed E-state index contributed by atoms with van der Waals surface area (Å²) in [7, 11) is -0.550. The molecule has 206 valence electrons. The van der Waals surface area contributed by atoms with Crippen LogP contribution in [0, 0.1) is 6.92 Å². The molecule has 4 rings (SSSR count). The van der Waals surface area contributed by atoms with Crippen molar-refractivity contribution in [3.63, 3.8) is 0 Å². The van der Waals surface area contributed by atoms with E-state index in [2.05, 4.69) is 9.99 Å². The van der Waals surface area contributed by atoms with Gasteiger partial charge in [0, 0.05) is 42.0 Å². The van der Waals surface area contributed by atoms with Crippen molar-refractivity contribution in [3.05, 3.63) is 47.7 Å². The Morgan fingerprint density at radius 3 is 2.50 bits per heavy atom. The second-order valence-corrected chi connectivity index (χ2v) is 10.8. The zero-order valence-electron chi connectivity index (χ0n) is 21.4. The standard InChI is InChI=1S/C24H30N4O9S/c1-15-21-16(2)25-37-23(21)27(22(15)36-24(29)34-13-5-6-14-35-28(30)31)38(32,33)20-12-8-9-17-18(20)10-7-11-19(17)26(3)4/h7-12,15,22,30-31H,5-6,13-14H2,1-4H3. The lowest BCUT2D eigenvalue weighted by Gasteiger charge is -2.27. The van der Waals surface area contributed by atoms with Crippen LogP contribution in [-0.4, -0.2) is 69.1 Å². The Hall–Kier alpha value is -3.43. The zero-order valence-corrected chi connectivity index (χ0v) is 22.2. The third kappa shape index (κ3) is 5.26. The van der Waals surface area contributed by atoms with Gasteiger partial charge in [0.25, 0.3) is 10.0 Å². The second-order valence-electron chi connectivity index (χ2n) is 9.00. The summed E-state index contributed by atoms with van der Waals surface area (Å²) in [6, 6.07) is 10.4. The molecular formula is C24H30N4O9S. The summed E-state index contributed by atoms with van der Waals surface area (Å²) >= 11 is 0. The lowest BCUT2D eigenvalue weighted by molar-refractivity contribution is -0.492. The Kier molecular flexibility index (Phi) is 8.08. The van der Waals surface area contributed by atoms with Gasteiger partial charge in [-0.2, -0.15) is 4.31 Å². The lowest BCUT2D eigenvalue weighted by atomic mass is 10.0. The Morgan fingerprint density at radius 2 is 1.79 bits per heavy atom. The number of carbonyl (C=O) groups is 1. The molecule has 0 spiro atoms. The van der Waals surface area contributed by atoms with Gasteiger partial charge in [-0.3, -0.25) is 15.3 Å². The molecular weight excluding hydrogens is 520 g/mol. The summed E-state index contributed by atoms with van der Waals surface area (Å²) in [6.45, 7) is 3.35. The molecule has 0 saturated heterocycles. The predicted molar refractivity (Wildman–Crippen MR) is 134 cm³/mol. The van der Waals surface area contributed by atoms with Crippen LogP contribution in [-0.2, 0) is 24.3 Å². The molecule has 2 heterocycles. The molecule has 0 saturated carbocycles. The first-order valence-corrected chi connectivity index (χ1v) is 13.3. The fourth-order valence-electron chi connectivity index (χ4n) is 4.53. The first kappa shape index (κ1) is 27.6. The van der Waals surface area contributed by atoms with E-state index in [-0.39, 0.29) is 24.0 Å². The van der Waals surface area contributed by atoms with E-state index in [1.165, 1.54) is 6.07 Å². The minimum Gasteiger partial charge on any atom is -0.434 e. The number of hydrogen-bond donors (Lipinski definition) is 2. The molecule has 0 radical (unpaired) electrons. The maximum atomic E-state index is 14.2. The molecule has 0 amide bonds. The van der Waals surface area contributed by atoms with E-state index < -0.39 is 33.7 Å². The molecule has 1 aliphatic rings. The number of ether oxygens (including phenoxy) is 2. The lowest BCUT2D eigenvalue weighted by Crippen LogP contribution is -2.42. The minimum atomic E-state index is -4.30. The number of fused-ring (bicyclic) bond motifs is 2. The maximum Gasteiger partial charge on any atom is 0.510 e. The molecule has 2 N–H and O–H groups in total.